The van der Waals surface area contributed by atoms with E-state index >= 15 is 0 Å². The lowest BCUT2D eigenvalue weighted by Crippen LogP contribution is -2.13. The highest BCUT2D eigenvalue weighted by Crippen LogP contribution is 2.32. The molecule has 1 N–H and O–H groups in total. The number of para-hydroxylation sites is 1. The molecule has 0 spiro atoms. The van der Waals surface area contributed by atoms with Crippen LogP contribution in [0.1, 0.15) is 15.9 Å². The van der Waals surface area contributed by atoms with Gasteiger partial charge in [-0.1, -0.05) is 30.2 Å². The van der Waals surface area contributed by atoms with Gasteiger partial charge < -0.3 is 5.32 Å². The van der Waals surface area contributed by atoms with Crippen molar-refractivity contribution in [3.8, 4) is 18.0 Å². The number of carbonyl (C=O) groups excluding carboxylic acids is 1. The highest BCUT2D eigenvalue weighted by Gasteiger charge is 2.20. The number of rotatable bonds is 6. The largest absolute Gasteiger partial charge is 0.322 e. The van der Waals surface area contributed by atoms with Crippen LogP contribution < -0.4 is 5.32 Å². The van der Waals surface area contributed by atoms with Crippen molar-refractivity contribution in [2.45, 2.75) is 10.1 Å². The van der Waals surface area contributed by atoms with E-state index in [1.54, 1.807) is 24.3 Å². The van der Waals surface area contributed by atoms with Crippen molar-refractivity contribution in [2.24, 2.45) is 0 Å². The topological polar surface area (TPSA) is 116 Å². The Kier molecular flexibility index (Phi) is 5.91. The van der Waals surface area contributed by atoms with Crippen LogP contribution in [0, 0.1) is 22.5 Å². The predicted octanol–water partition coefficient (Wildman–Crippen LogP) is 3.96. The number of tetrazole rings is 1. The Morgan fingerprint density at radius 3 is 2.66 bits per heavy atom. The Labute approximate surface area is 186 Å². The minimum atomic E-state index is -0.557. The molecule has 0 aliphatic heterocycles. The lowest BCUT2D eigenvalue weighted by molar-refractivity contribution is -0.384. The molecular formula is C22H14N6O3S. The first-order chi connectivity index (χ1) is 15.5. The van der Waals surface area contributed by atoms with Crippen LogP contribution in [-0.2, 0) is 0 Å². The van der Waals surface area contributed by atoms with Crippen molar-refractivity contribution in [1.29, 1.82) is 0 Å². The second-order valence-electron chi connectivity index (χ2n) is 6.43. The van der Waals surface area contributed by atoms with Gasteiger partial charge in [0.1, 0.15) is 0 Å². The first-order valence-electron chi connectivity index (χ1n) is 9.23. The van der Waals surface area contributed by atoms with E-state index in [4.69, 9.17) is 6.42 Å². The number of amides is 1. The number of hydrogen-bond acceptors (Lipinski definition) is 7. The summed E-state index contributed by atoms with van der Waals surface area (Å²) in [4.78, 5) is 24.2. The second kappa shape index (κ2) is 9.11. The minimum Gasteiger partial charge on any atom is -0.322 e. The van der Waals surface area contributed by atoms with Gasteiger partial charge in [0.15, 0.2) is 0 Å². The first-order valence-corrected chi connectivity index (χ1v) is 10.0. The summed E-state index contributed by atoms with van der Waals surface area (Å²) in [6, 6.07) is 20.0. The van der Waals surface area contributed by atoms with Crippen molar-refractivity contribution in [3.05, 3.63) is 94.0 Å². The van der Waals surface area contributed by atoms with E-state index in [1.807, 2.05) is 30.3 Å². The Hall–Kier alpha value is -4.49. The van der Waals surface area contributed by atoms with Crippen molar-refractivity contribution >= 4 is 29.0 Å². The fraction of sp³-hybridized carbons (Fsp3) is 0. The molecule has 10 heteroatoms. The number of nitro groups is 1. The maximum absolute atomic E-state index is 13.0. The van der Waals surface area contributed by atoms with Gasteiger partial charge in [0, 0.05) is 28.3 Å². The molecule has 4 aromatic rings. The third kappa shape index (κ3) is 4.48. The van der Waals surface area contributed by atoms with Crippen LogP contribution in [0.3, 0.4) is 0 Å². The monoisotopic (exact) mass is 442 g/mol. The van der Waals surface area contributed by atoms with Gasteiger partial charge in [-0.25, -0.2) is 0 Å². The molecule has 0 saturated heterocycles. The molecule has 3 aromatic carbocycles. The summed E-state index contributed by atoms with van der Waals surface area (Å²) in [5.41, 5.74) is 1.71. The maximum Gasteiger partial charge on any atom is 0.270 e. The number of nitro benzene ring substituents is 1. The number of non-ortho nitro benzene ring substituents is 1. The van der Waals surface area contributed by atoms with Gasteiger partial charge in [0.25, 0.3) is 11.6 Å². The molecule has 1 aromatic heterocycles. The smallest absolute Gasteiger partial charge is 0.270 e. The number of carbonyl (C=O) groups is 1. The average Bonchev–Trinajstić information content (AvgIpc) is 3.28. The van der Waals surface area contributed by atoms with E-state index in [-0.39, 0.29) is 11.3 Å². The summed E-state index contributed by atoms with van der Waals surface area (Å²) < 4.78 is 1.52. The molecule has 0 unspecified atom stereocenters. The van der Waals surface area contributed by atoms with Crippen molar-refractivity contribution in [1.82, 2.24) is 20.2 Å². The van der Waals surface area contributed by atoms with Gasteiger partial charge in [-0.15, -0.1) is 11.5 Å². The number of anilines is 1. The molecule has 0 saturated carbocycles. The average molecular weight is 442 g/mol. The Balaban J connectivity index is 1.69. The van der Waals surface area contributed by atoms with Crippen LogP contribution in [0.15, 0.2) is 82.8 Å². The molecule has 156 valence electrons. The zero-order chi connectivity index (χ0) is 22.5. The SMILES string of the molecule is C#Cc1cccc(NC(=O)c2cc([N+](=O)[O-])ccc2Sc2nnnn2-c2ccccc2)c1. The molecule has 0 bridgehead atoms. The van der Waals surface area contributed by atoms with E-state index in [0.717, 1.165) is 17.4 Å². The van der Waals surface area contributed by atoms with E-state index in [2.05, 4.69) is 26.8 Å². The highest BCUT2D eigenvalue weighted by atomic mass is 32.2. The van der Waals surface area contributed by atoms with Crippen LogP contribution >= 0.6 is 11.8 Å². The van der Waals surface area contributed by atoms with Gasteiger partial charge in [0.05, 0.1) is 16.2 Å². The van der Waals surface area contributed by atoms with Gasteiger partial charge >= 0.3 is 0 Å². The number of benzene rings is 3. The van der Waals surface area contributed by atoms with Gasteiger partial charge in [-0.2, -0.15) is 4.68 Å². The number of aromatic nitrogens is 4. The summed E-state index contributed by atoms with van der Waals surface area (Å²) >= 11 is 1.12. The zero-order valence-corrected chi connectivity index (χ0v) is 17.2. The normalized spacial score (nSPS) is 10.3. The van der Waals surface area contributed by atoms with E-state index in [0.29, 0.717) is 21.3 Å². The molecule has 1 amide bonds. The summed E-state index contributed by atoms with van der Waals surface area (Å²) in [5.74, 6) is 1.97. The fourth-order valence-corrected chi connectivity index (χ4v) is 3.76. The number of terminal acetylenes is 1. The Morgan fingerprint density at radius 2 is 1.91 bits per heavy atom. The zero-order valence-electron chi connectivity index (χ0n) is 16.4. The minimum absolute atomic E-state index is 0.109. The van der Waals surface area contributed by atoms with Gasteiger partial charge in [-0.3, -0.25) is 14.9 Å². The Bertz CT molecular complexity index is 1350. The first kappa shape index (κ1) is 20.8. The molecule has 0 radical (unpaired) electrons. The van der Waals surface area contributed by atoms with Gasteiger partial charge in [-0.05, 0) is 58.6 Å². The standard InChI is InChI=1S/C22H14N6O3S/c1-2-15-7-6-8-16(13-15)23-21(29)19-14-18(28(30)31)11-12-20(19)32-22-24-25-26-27(22)17-9-4-3-5-10-17/h1,3-14H,(H,23,29). The number of nitrogens with one attached hydrogen (secondary N) is 1. The summed E-state index contributed by atoms with van der Waals surface area (Å²) in [5, 5.41) is 26.2. The van der Waals surface area contributed by atoms with E-state index in [1.165, 1.54) is 22.9 Å². The molecule has 4 rings (SSSR count). The molecule has 0 atom stereocenters. The fourth-order valence-electron chi connectivity index (χ4n) is 2.86. The van der Waals surface area contributed by atoms with Gasteiger partial charge in [0.2, 0.25) is 5.16 Å². The van der Waals surface area contributed by atoms with Crippen LogP contribution in [0.2, 0.25) is 0 Å². The molecule has 0 aliphatic carbocycles. The highest BCUT2D eigenvalue weighted by molar-refractivity contribution is 7.99. The lowest BCUT2D eigenvalue weighted by atomic mass is 10.1. The van der Waals surface area contributed by atoms with Crippen LogP contribution in [0.25, 0.3) is 5.69 Å². The maximum atomic E-state index is 13.0. The molecule has 32 heavy (non-hydrogen) atoms. The Morgan fingerprint density at radius 1 is 1.09 bits per heavy atom. The van der Waals surface area contributed by atoms with Crippen LogP contribution in [0.5, 0.6) is 0 Å². The third-order valence-corrected chi connectivity index (χ3v) is 5.36. The molecule has 9 nitrogen and oxygen atoms in total. The summed E-state index contributed by atoms with van der Waals surface area (Å²) in [6.45, 7) is 0. The molecule has 0 fully saturated rings. The van der Waals surface area contributed by atoms with Crippen molar-refractivity contribution in [3.63, 3.8) is 0 Å². The quantitative estimate of drug-likeness (QED) is 0.273. The van der Waals surface area contributed by atoms with E-state index in [9.17, 15) is 14.9 Å². The second-order valence-corrected chi connectivity index (χ2v) is 7.44. The van der Waals surface area contributed by atoms with Crippen molar-refractivity contribution < 1.29 is 9.72 Å². The van der Waals surface area contributed by atoms with Crippen molar-refractivity contribution in [2.75, 3.05) is 5.32 Å². The summed E-state index contributed by atoms with van der Waals surface area (Å²) in [6.07, 6.45) is 5.41. The predicted molar refractivity (Wildman–Crippen MR) is 119 cm³/mol. The molecule has 1 heterocycles. The summed E-state index contributed by atoms with van der Waals surface area (Å²) in [7, 11) is 0. The van der Waals surface area contributed by atoms with Crippen LogP contribution in [-0.4, -0.2) is 31.0 Å². The van der Waals surface area contributed by atoms with Crippen LogP contribution in [0.4, 0.5) is 11.4 Å². The third-order valence-electron chi connectivity index (χ3n) is 4.35. The van der Waals surface area contributed by atoms with E-state index < -0.39 is 10.8 Å². The number of hydrogen-bond donors (Lipinski definition) is 1. The molecule has 0 aliphatic rings. The molecular weight excluding hydrogens is 428 g/mol. The lowest BCUT2D eigenvalue weighted by Gasteiger charge is -2.10. The number of nitrogens with zero attached hydrogens (tertiary/aromatic N) is 5.